The second-order valence-electron chi connectivity index (χ2n) is 6.12. The number of halogens is 1. The number of benzene rings is 1. The molecule has 0 saturated heterocycles. The zero-order valence-corrected chi connectivity index (χ0v) is 13.7. The Hall–Kier alpha value is -2.50. The maximum atomic E-state index is 12.9. The molecule has 0 unspecified atom stereocenters. The maximum Gasteiger partial charge on any atom is 0.270 e. The van der Waals surface area contributed by atoms with Gasteiger partial charge in [-0.1, -0.05) is 25.0 Å². The van der Waals surface area contributed by atoms with Crippen LogP contribution in [0.3, 0.4) is 0 Å². The molecule has 0 atom stereocenters. The summed E-state index contributed by atoms with van der Waals surface area (Å²) in [6, 6.07) is 8.15. The van der Waals surface area contributed by atoms with Crippen molar-refractivity contribution in [3.05, 3.63) is 53.2 Å². The number of hydrogen-bond donors (Lipinski definition) is 2. The molecule has 126 valence electrons. The first-order valence-corrected chi connectivity index (χ1v) is 8.25. The van der Waals surface area contributed by atoms with Crippen molar-refractivity contribution >= 4 is 11.7 Å². The lowest BCUT2D eigenvalue weighted by Gasteiger charge is -2.14. The number of nitrogens with one attached hydrogen (secondary N) is 2. The van der Waals surface area contributed by atoms with Crippen LogP contribution < -0.4 is 10.6 Å². The van der Waals surface area contributed by atoms with Crippen LogP contribution in [-0.2, 0) is 6.54 Å². The van der Waals surface area contributed by atoms with Gasteiger partial charge in [0.15, 0.2) is 0 Å². The molecule has 0 bridgehead atoms. The third kappa shape index (κ3) is 4.28. The molecule has 1 aromatic carbocycles. The van der Waals surface area contributed by atoms with E-state index < -0.39 is 0 Å². The second-order valence-corrected chi connectivity index (χ2v) is 6.12. The molecule has 0 radical (unpaired) electrons. The minimum absolute atomic E-state index is 0.265. The molecular weight excluding hydrogens is 307 g/mol. The summed E-state index contributed by atoms with van der Waals surface area (Å²) in [4.78, 5) is 20.9. The van der Waals surface area contributed by atoms with Gasteiger partial charge >= 0.3 is 0 Å². The predicted molar refractivity (Wildman–Crippen MR) is 90.2 cm³/mol. The Labute approximate surface area is 140 Å². The Morgan fingerprint density at radius 2 is 1.92 bits per heavy atom. The van der Waals surface area contributed by atoms with E-state index in [2.05, 4.69) is 20.6 Å². The fraction of sp³-hybridized carbons (Fsp3) is 0.389. The number of carbonyl (C=O) groups is 1. The van der Waals surface area contributed by atoms with E-state index in [1.54, 1.807) is 25.1 Å². The number of nitrogens with zero attached hydrogens (tertiary/aromatic N) is 2. The van der Waals surface area contributed by atoms with Crippen LogP contribution in [0.15, 0.2) is 30.3 Å². The fourth-order valence-electron chi connectivity index (χ4n) is 2.91. The molecule has 1 aliphatic rings. The van der Waals surface area contributed by atoms with Crippen LogP contribution in [0.25, 0.3) is 0 Å². The van der Waals surface area contributed by atoms with Crippen molar-refractivity contribution in [2.45, 2.75) is 45.2 Å². The summed E-state index contributed by atoms with van der Waals surface area (Å²) < 4.78 is 12.9. The number of hydrogen-bond acceptors (Lipinski definition) is 4. The van der Waals surface area contributed by atoms with Gasteiger partial charge in [-0.2, -0.15) is 0 Å². The molecule has 24 heavy (non-hydrogen) atoms. The highest BCUT2D eigenvalue weighted by Gasteiger charge is 2.17. The molecule has 1 saturated carbocycles. The molecule has 5 nitrogen and oxygen atoms in total. The van der Waals surface area contributed by atoms with E-state index in [1.807, 2.05) is 0 Å². The molecule has 0 spiro atoms. The van der Waals surface area contributed by atoms with Crippen molar-refractivity contribution in [1.82, 2.24) is 15.3 Å². The zero-order valence-electron chi connectivity index (χ0n) is 13.7. The van der Waals surface area contributed by atoms with Gasteiger partial charge in [0.05, 0.1) is 0 Å². The second kappa shape index (κ2) is 7.38. The Kier molecular flexibility index (Phi) is 5.03. The molecule has 1 amide bonds. The summed E-state index contributed by atoms with van der Waals surface area (Å²) in [6.45, 7) is 2.10. The maximum absolute atomic E-state index is 12.9. The first-order valence-electron chi connectivity index (χ1n) is 8.25. The van der Waals surface area contributed by atoms with E-state index in [-0.39, 0.29) is 11.7 Å². The van der Waals surface area contributed by atoms with Crippen LogP contribution in [0, 0.1) is 12.7 Å². The quantitative estimate of drug-likeness (QED) is 0.884. The number of aryl methyl sites for hydroxylation is 1. The average molecular weight is 328 g/mol. The van der Waals surface area contributed by atoms with Crippen LogP contribution >= 0.6 is 0 Å². The molecule has 2 N–H and O–H groups in total. The van der Waals surface area contributed by atoms with E-state index in [1.165, 1.54) is 25.0 Å². The van der Waals surface area contributed by atoms with Gasteiger partial charge in [-0.3, -0.25) is 4.79 Å². The Morgan fingerprint density at radius 1 is 1.21 bits per heavy atom. The summed E-state index contributed by atoms with van der Waals surface area (Å²) in [7, 11) is 0. The molecule has 3 rings (SSSR count). The SMILES string of the molecule is Cc1nc(NC2CCCC2)cc(C(=O)NCc2ccc(F)cc2)n1. The van der Waals surface area contributed by atoms with E-state index in [9.17, 15) is 9.18 Å². The van der Waals surface area contributed by atoms with Gasteiger partial charge in [0.25, 0.3) is 5.91 Å². The van der Waals surface area contributed by atoms with Crippen LogP contribution in [0.2, 0.25) is 0 Å². The Morgan fingerprint density at radius 3 is 2.62 bits per heavy atom. The van der Waals surface area contributed by atoms with Crippen molar-refractivity contribution in [3.63, 3.8) is 0 Å². The average Bonchev–Trinajstić information content (AvgIpc) is 3.06. The van der Waals surface area contributed by atoms with Crippen molar-refractivity contribution < 1.29 is 9.18 Å². The summed E-state index contributed by atoms with van der Waals surface area (Å²) in [5.74, 6) is 0.699. The number of rotatable bonds is 5. The van der Waals surface area contributed by atoms with Gasteiger partial charge in [0.2, 0.25) is 0 Å². The zero-order chi connectivity index (χ0) is 16.9. The van der Waals surface area contributed by atoms with Crippen LogP contribution in [0.4, 0.5) is 10.2 Å². The van der Waals surface area contributed by atoms with Gasteiger partial charge in [0, 0.05) is 18.7 Å². The van der Waals surface area contributed by atoms with Crippen LogP contribution in [-0.4, -0.2) is 21.9 Å². The number of carbonyl (C=O) groups excluding carboxylic acids is 1. The van der Waals surface area contributed by atoms with Gasteiger partial charge in [-0.25, -0.2) is 14.4 Å². The number of amides is 1. The largest absolute Gasteiger partial charge is 0.367 e. The first-order chi connectivity index (χ1) is 11.6. The highest BCUT2D eigenvalue weighted by atomic mass is 19.1. The summed E-state index contributed by atoms with van der Waals surface area (Å²) in [5, 5.41) is 6.19. The summed E-state index contributed by atoms with van der Waals surface area (Å²) >= 11 is 0. The third-order valence-corrected chi connectivity index (χ3v) is 4.14. The normalized spacial score (nSPS) is 14.6. The summed E-state index contributed by atoms with van der Waals surface area (Å²) in [5.41, 5.74) is 1.17. The van der Waals surface area contributed by atoms with E-state index in [4.69, 9.17) is 0 Å². The van der Waals surface area contributed by atoms with Crippen molar-refractivity contribution in [1.29, 1.82) is 0 Å². The van der Waals surface area contributed by atoms with E-state index in [0.717, 1.165) is 18.4 Å². The Balaban J connectivity index is 1.65. The van der Waals surface area contributed by atoms with Crippen molar-refractivity contribution in [2.24, 2.45) is 0 Å². The minimum atomic E-state index is -0.292. The van der Waals surface area contributed by atoms with Gasteiger partial charge < -0.3 is 10.6 Å². The van der Waals surface area contributed by atoms with E-state index >= 15 is 0 Å². The molecule has 0 aliphatic heterocycles. The molecule has 1 aromatic heterocycles. The number of aromatic nitrogens is 2. The number of anilines is 1. The standard InChI is InChI=1S/C18H21FN4O/c1-12-21-16(10-17(22-12)23-15-4-2-3-5-15)18(24)20-11-13-6-8-14(19)9-7-13/h6-10,15H,2-5,11H2,1H3,(H,20,24)(H,21,22,23). The topological polar surface area (TPSA) is 66.9 Å². The van der Waals surface area contributed by atoms with Crippen LogP contribution in [0.1, 0.15) is 47.6 Å². The fourth-order valence-corrected chi connectivity index (χ4v) is 2.91. The van der Waals surface area contributed by atoms with Crippen molar-refractivity contribution in [2.75, 3.05) is 5.32 Å². The first kappa shape index (κ1) is 16.4. The molecule has 1 fully saturated rings. The van der Waals surface area contributed by atoms with Gasteiger partial charge in [-0.05, 0) is 37.5 Å². The van der Waals surface area contributed by atoms with Gasteiger partial charge in [-0.15, -0.1) is 0 Å². The predicted octanol–water partition coefficient (Wildman–Crippen LogP) is 3.21. The molecule has 6 heteroatoms. The van der Waals surface area contributed by atoms with Crippen molar-refractivity contribution in [3.8, 4) is 0 Å². The van der Waals surface area contributed by atoms with Crippen LogP contribution in [0.5, 0.6) is 0 Å². The minimum Gasteiger partial charge on any atom is -0.367 e. The smallest absolute Gasteiger partial charge is 0.270 e. The lowest BCUT2D eigenvalue weighted by atomic mass is 10.2. The van der Waals surface area contributed by atoms with Gasteiger partial charge in [0.1, 0.15) is 23.2 Å². The molecule has 1 aliphatic carbocycles. The molecular formula is C18H21FN4O. The highest BCUT2D eigenvalue weighted by molar-refractivity contribution is 5.92. The molecule has 1 heterocycles. The highest BCUT2D eigenvalue weighted by Crippen LogP contribution is 2.21. The summed E-state index contributed by atoms with van der Waals surface area (Å²) in [6.07, 6.45) is 4.73. The third-order valence-electron chi connectivity index (χ3n) is 4.14. The lowest BCUT2D eigenvalue weighted by Crippen LogP contribution is -2.25. The van der Waals surface area contributed by atoms with E-state index in [0.29, 0.717) is 29.9 Å². The molecule has 2 aromatic rings. The monoisotopic (exact) mass is 328 g/mol. The lowest BCUT2D eigenvalue weighted by molar-refractivity contribution is 0.0945. The Bertz CT molecular complexity index is 711.